The Morgan fingerprint density at radius 3 is 2.16 bits per heavy atom. The van der Waals surface area contributed by atoms with Crippen LogP contribution in [0.5, 0.6) is 0 Å². The summed E-state index contributed by atoms with van der Waals surface area (Å²) in [6.45, 7) is 6.21. The summed E-state index contributed by atoms with van der Waals surface area (Å²) in [5, 5.41) is 0. The van der Waals surface area contributed by atoms with Crippen molar-refractivity contribution in [3.05, 3.63) is 30.6 Å². The normalized spacial score (nSPS) is 10.7. The van der Waals surface area contributed by atoms with Gasteiger partial charge in [-0.15, -0.1) is 0 Å². The smallest absolute Gasteiger partial charge is 0.168 e. The van der Waals surface area contributed by atoms with Crippen LogP contribution >= 0.6 is 0 Å². The summed E-state index contributed by atoms with van der Waals surface area (Å²) in [5.74, 6) is -0.278. The van der Waals surface area contributed by atoms with Crippen LogP contribution in [0.3, 0.4) is 0 Å². The molecule has 0 saturated carbocycles. The molecule has 1 aromatic heterocycles. The topological polar surface area (TPSA) is 70.3 Å². The third kappa shape index (κ3) is 13.3. The van der Waals surface area contributed by atoms with Crippen molar-refractivity contribution in [1.29, 1.82) is 0 Å². The number of ether oxygens (including phenoxy) is 1. The summed E-state index contributed by atoms with van der Waals surface area (Å²) in [7, 11) is -4.02. The molecule has 19 heavy (non-hydrogen) atoms. The lowest BCUT2D eigenvalue weighted by molar-refractivity contribution is -0.693. The maximum absolute atomic E-state index is 10.1. The number of hydrogen-bond acceptors (Lipinski definition) is 4. The summed E-state index contributed by atoms with van der Waals surface area (Å²) >= 11 is 0. The lowest BCUT2D eigenvalue weighted by atomic mass is 10.4. The van der Waals surface area contributed by atoms with Crippen LogP contribution in [0.15, 0.2) is 30.6 Å². The number of nitrogens with zero attached hydrogens (tertiary/aromatic N) is 1. The van der Waals surface area contributed by atoms with E-state index in [-0.39, 0.29) is 5.75 Å². The van der Waals surface area contributed by atoms with Crippen molar-refractivity contribution in [2.75, 3.05) is 19.0 Å². The minimum atomic E-state index is -4.02. The molecule has 0 amide bonds. The molecule has 0 spiro atoms. The highest BCUT2D eigenvalue weighted by Gasteiger charge is 1.94. The van der Waals surface area contributed by atoms with E-state index in [0.29, 0.717) is 26.1 Å². The highest BCUT2D eigenvalue weighted by Crippen LogP contribution is 1.93. The van der Waals surface area contributed by atoms with Gasteiger partial charge in [0.2, 0.25) is 0 Å². The SMILES string of the molecule is CCOCCCCS(=O)(=O)[O-].CC[n+]1ccccc1. The molecule has 0 bridgehead atoms. The Morgan fingerprint density at radius 2 is 1.74 bits per heavy atom. The Hall–Kier alpha value is -0.980. The molecular weight excluding hydrogens is 266 g/mol. The van der Waals surface area contributed by atoms with Gasteiger partial charge in [-0.05, 0) is 26.7 Å². The Kier molecular flexibility index (Phi) is 10.3. The van der Waals surface area contributed by atoms with Crippen LogP contribution in [0.1, 0.15) is 26.7 Å². The number of hydrogen-bond donors (Lipinski definition) is 0. The summed E-state index contributed by atoms with van der Waals surface area (Å²) < 4.78 is 37.3. The van der Waals surface area contributed by atoms with E-state index in [0.717, 1.165) is 6.54 Å². The minimum absolute atomic E-state index is 0.278. The number of unbranched alkanes of at least 4 members (excludes halogenated alkanes) is 1. The van der Waals surface area contributed by atoms with Gasteiger partial charge in [0.05, 0.1) is 10.1 Å². The first-order valence-electron chi connectivity index (χ1n) is 6.45. The fraction of sp³-hybridized carbons (Fsp3) is 0.615. The second kappa shape index (κ2) is 10.9. The maximum atomic E-state index is 10.1. The lowest BCUT2D eigenvalue weighted by Gasteiger charge is -2.05. The largest absolute Gasteiger partial charge is 0.748 e. The number of pyridine rings is 1. The van der Waals surface area contributed by atoms with Gasteiger partial charge >= 0.3 is 0 Å². The summed E-state index contributed by atoms with van der Waals surface area (Å²) in [4.78, 5) is 0. The van der Waals surface area contributed by atoms with E-state index < -0.39 is 10.1 Å². The van der Waals surface area contributed by atoms with Gasteiger partial charge in [-0.3, -0.25) is 0 Å². The summed E-state index contributed by atoms with van der Waals surface area (Å²) in [6.07, 6.45) is 5.14. The minimum Gasteiger partial charge on any atom is -0.748 e. The summed E-state index contributed by atoms with van der Waals surface area (Å²) in [6, 6.07) is 6.08. The highest BCUT2D eigenvalue weighted by atomic mass is 32.2. The molecule has 0 saturated heterocycles. The van der Waals surface area contributed by atoms with E-state index in [1.807, 2.05) is 25.1 Å². The van der Waals surface area contributed by atoms with E-state index in [9.17, 15) is 13.0 Å². The molecule has 0 radical (unpaired) electrons. The monoisotopic (exact) mass is 289 g/mol. The molecule has 0 aliphatic carbocycles. The molecular formula is C13H23NO4S. The predicted octanol–water partition coefficient (Wildman–Crippen LogP) is 1.34. The Morgan fingerprint density at radius 1 is 1.11 bits per heavy atom. The molecule has 0 atom stereocenters. The van der Waals surface area contributed by atoms with Crippen molar-refractivity contribution in [2.24, 2.45) is 0 Å². The molecule has 1 aromatic rings. The van der Waals surface area contributed by atoms with Crippen LogP contribution in [0, 0.1) is 0 Å². The van der Waals surface area contributed by atoms with E-state index in [4.69, 9.17) is 4.74 Å². The van der Waals surface area contributed by atoms with Crippen molar-refractivity contribution >= 4 is 10.1 Å². The zero-order valence-electron chi connectivity index (χ0n) is 11.6. The number of rotatable bonds is 7. The van der Waals surface area contributed by atoms with Crippen molar-refractivity contribution in [3.63, 3.8) is 0 Å². The van der Waals surface area contributed by atoms with E-state index >= 15 is 0 Å². The third-order valence-corrected chi connectivity index (χ3v) is 3.07. The lowest BCUT2D eigenvalue weighted by Crippen LogP contribution is -2.30. The van der Waals surface area contributed by atoms with Crippen molar-refractivity contribution in [3.8, 4) is 0 Å². The van der Waals surface area contributed by atoms with Gasteiger partial charge in [0.1, 0.15) is 6.54 Å². The van der Waals surface area contributed by atoms with Gasteiger partial charge in [0.25, 0.3) is 0 Å². The first-order valence-corrected chi connectivity index (χ1v) is 8.02. The Bertz CT molecular complexity index is 406. The van der Waals surface area contributed by atoms with Gasteiger partial charge in [-0.1, -0.05) is 6.07 Å². The molecule has 0 aliphatic rings. The van der Waals surface area contributed by atoms with E-state index in [1.165, 1.54) is 0 Å². The van der Waals surface area contributed by atoms with Crippen LogP contribution in [0.25, 0.3) is 0 Å². The second-order valence-corrected chi connectivity index (χ2v) is 5.40. The molecule has 1 rings (SSSR count). The van der Waals surface area contributed by atoms with Gasteiger partial charge < -0.3 is 9.29 Å². The standard InChI is InChI=1S/C7H10N.C6H14O4S/c1-2-8-6-4-3-5-7-8;1-2-10-5-3-4-6-11(7,8)9/h3-7H,2H2,1H3;2-6H2,1H3,(H,7,8,9)/q+1;/p-1. The van der Waals surface area contributed by atoms with Crippen molar-refractivity contribution in [1.82, 2.24) is 0 Å². The van der Waals surface area contributed by atoms with Crippen LogP contribution in [-0.2, 0) is 21.4 Å². The van der Waals surface area contributed by atoms with Crippen LogP contribution in [0.4, 0.5) is 0 Å². The maximum Gasteiger partial charge on any atom is 0.168 e. The molecule has 0 aromatic carbocycles. The van der Waals surface area contributed by atoms with Crippen molar-refractivity contribution < 1.29 is 22.3 Å². The molecule has 1 heterocycles. The fourth-order valence-corrected chi connectivity index (χ4v) is 1.83. The van der Waals surface area contributed by atoms with Gasteiger partial charge in [-0.2, -0.15) is 0 Å². The molecule has 110 valence electrons. The Labute approximate surface area is 116 Å². The molecule has 6 heteroatoms. The first-order chi connectivity index (χ1) is 8.99. The van der Waals surface area contributed by atoms with Crippen LogP contribution < -0.4 is 4.57 Å². The number of aromatic nitrogens is 1. The average Bonchev–Trinajstić information content (AvgIpc) is 2.39. The number of aryl methyl sites for hydroxylation is 1. The molecule has 0 aliphatic heterocycles. The van der Waals surface area contributed by atoms with Crippen molar-refractivity contribution in [2.45, 2.75) is 33.2 Å². The van der Waals surface area contributed by atoms with Crippen LogP contribution in [0.2, 0.25) is 0 Å². The fourth-order valence-electron chi connectivity index (χ4n) is 1.27. The molecule has 0 fully saturated rings. The van der Waals surface area contributed by atoms with Gasteiger partial charge in [0, 0.05) is 31.1 Å². The van der Waals surface area contributed by atoms with Gasteiger partial charge in [0.15, 0.2) is 12.4 Å². The quantitative estimate of drug-likeness (QED) is 0.431. The average molecular weight is 289 g/mol. The highest BCUT2D eigenvalue weighted by molar-refractivity contribution is 7.85. The predicted molar refractivity (Wildman–Crippen MR) is 72.6 cm³/mol. The van der Waals surface area contributed by atoms with Gasteiger partial charge in [-0.25, -0.2) is 13.0 Å². The second-order valence-electron chi connectivity index (χ2n) is 3.87. The van der Waals surface area contributed by atoms with Crippen LogP contribution in [-0.4, -0.2) is 31.9 Å². The first kappa shape index (κ1) is 18.0. The third-order valence-electron chi connectivity index (χ3n) is 2.28. The van der Waals surface area contributed by atoms with E-state index in [1.54, 1.807) is 0 Å². The molecule has 0 unspecified atom stereocenters. The summed E-state index contributed by atoms with van der Waals surface area (Å²) in [5.41, 5.74) is 0. The zero-order chi connectivity index (χ0) is 14.6. The Balaban J connectivity index is 0.000000356. The zero-order valence-corrected chi connectivity index (χ0v) is 12.4. The molecule has 0 N–H and O–H groups in total. The van der Waals surface area contributed by atoms with E-state index in [2.05, 4.69) is 23.9 Å². The molecule has 5 nitrogen and oxygen atoms in total.